The maximum Gasteiger partial charge on any atom is 0.307 e. The molecule has 1 fully saturated rings. The third-order valence-electron chi connectivity index (χ3n) is 13.7. The predicted octanol–water partition coefficient (Wildman–Crippen LogP) is 5.68. The first-order chi connectivity index (χ1) is 35.9. The molecular weight excluding hydrogens is 1010 g/mol. The lowest BCUT2D eigenvalue weighted by Crippen LogP contribution is -3.00. The van der Waals surface area contributed by atoms with Crippen molar-refractivity contribution in [3.8, 4) is 0 Å². The van der Waals surface area contributed by atoms with E-state index in [-0.39, 0.29) is 72.7 Å². The lowest BCUT2D eigenvalue weighted by Gasteiger charge is -2.29. The molecule has 5 rings (SSSR count). The molecule has 0 N–H and O–H groups in total. The Labute approximate surface area is 458 Å². The second-order valence-corrected chi connectivity index (χ2v) is 23.4. The molecule has 2 aromatic rings. The number of carbonyl (C=O) groups excluding carboxylic acids is 2. The lowest BCUT2D eigenvalue weighted by atomic mass is 9.82. The average Bonchev–Trinajstić information content (AvgIpc) is 3.67. The minimum Gasteiger partial charge on any atom is -1.00 e. The average molecular weight is 1110 g/mol. The highest BCUT2D eigenvalue weighted by molar-refractivity contribution is 7.85. The number of allylic oxidation sites excluding steroid dienone is 8. The Kier molecular flexibility index (Phi) is 21.4. The molecule has 1 saturated carbocycles. The number of aryl methyl sites for hydroxylation is 1. The van der Waals surface area contributed by atoms with Crippen molar-refractivity contribution in [1.82, 2.24) is 0 Å². The van der Waals surface area contributed by atoms with Crippen LogP contribution in [-0.2, 0) is 49.5 Å². The number of methoxy groups -OCH3 is 2. The summed E-state index contributed by atoms with van der Waals surface area (Å²) in [6, 6.07) is 11.6. The van der Waals surface area contributed by atoms with Crippen LogP contribution < -0.4 is 26.8 Å². The molecule has 73 heavy (non-hydrogen) atoms. The number of hydrogen-bond acceptors (Lipinski definition) is 11. The van der Waals surface area contributed by atoms with Gasteiger partial charge in [0.15, 0.2) is 13.1 Å². The van der Waals surface area contributed by atoms with Gasteiger partial charge in [-0.3, -0.25) is 9.59 Å². The van der Waals surface area contributed by atoms with Crippen LogP contribution in [-0.4, -0.2) is 166 Å². The van der Waals surface area contributed by atoms with Crippen LogP contribution in [0, 0.1) is 6.92 Å². The van der Waals surface area contributed by atoms with Gasteiger partial charge in [-0.2, -0.15) is 0 Å². The molecule has 16 heteroatoms. The maximum atomic E-state index is 12.3. The van der Waals surface area contributed by atoms with Crippen molar-refractivity contribution in [2.24, 2.45) is 0 Å². The number of ether oxygens (including phenoxy) is 4. The minimum atomic E-state index is -4.68. The molecule has 3 aliphatic rings. The molecule has 2 heterocycles. The molecule has 0 spiro atoms. The van der Waals surface area contributed by atoms with Crippen molar-refractivity contribution in [2.45, 2.75) is 110 Å². The van der Waals surface area contributed by atoms with E-state index in [4.69, 9.17) is 25.8 Å². The highest BCUT2D eigenvalue weighted by Crippen LogP contribution is 2.50. The van der Waals surface area contributed by atoms with Crippen molar-refractivity contribution >= 4 is 39.1 Å². The van der Waals surface area contributed by atoms with E-state index < -0.39 is 22.9 Å². The van der Waals surface area contributed by atoms with Crippen molar-refractivity contribution in [2.75, 3.05) is 132 Å². The smallest absolute Gasteiger partial charge is 0.307 e. The van der Waals surface area contributed by atoms with E-state index in [9.17, 15) is 22.6 Å². The summed E-state index contributed by atoms with van der Waals surface area (Å²) in [6.07, 6.45) is 13.9. The van der Waals surface area contributed by atoms with Crippen molar-refractivity contribution in [3.63, 3.8) is 0 Å². The highest BCUT2D eigenvalue weighted by atomic mass is 79.9. The number of esters is 2. The van der Waals surface area contributed by atoms with Gasteiger partial charge in [0.25, 0.3) is 0 Å². The van der Waals surface area contributed by atoms with E-state index in [1.54, 1.807) is 12.1 Å². The van der Waals surface area contributed by atoms with Crippen LogP contribution in [0.4, 0.5) is 11.4 Å². The summed E-state index contributed by atoms with van der Waals surface area (Å²) in [7, 11) is 9.64. The number of anilines is 2. The molecule has 0 amide bonds. The van der Waals surface area contributed by atoms with Crippen LogP contribution in [0.3, 0.4) is 0 Å². The SMILES string of the molecule is COC(=O)CCOCC[N+](CCOCCC(=O)OC)=C1C(=CC=C2N(CCC[N+](C)(C)C)c3ccc(C)cc3C2(C)C)CCC/C1=C\C=C1\N(CCC[N+](C)(C)C)c2ccc(S(=O)(=O)[O-])cc2C1(C)C.[2H]C([2H])[2H].[2H]C[2H].[Br-]. The van der Waals surface area contributed by atoms with E-state index in [1.807, 2.05) is 0 Å². The second kappa shape index (κ2) is 27.6. The minimum absolute atomic E-state index is 0. The first-order valence-corrected chi connectivity index (χ1v) is 26.3. The molecular formula is C57H91BrN5O9S+. The number of rotatable bonds is 23. The Morgan fingerprint density at radius 1 is 0.740 bits per heavy atom. The van der Waals surface area contributed by atoms with E-state index in [0.29, 0.717) is 32.8 Å². The Balaban J connectivity index is 0.00000245. The highest BCUT2D eigenvalue weighted by Gasteiger charge is 2.42. The van der Waals surface area contributed by atoms with Gasteiger partial charge in [-0.05, 0) is 73.7 Å². The Bertz CT molecular complexity index is 2540. The number of hydrogen-bond donors (Lipinski definition) is 0. The van der Waals surface area contributed by atoms with E-state index in [2.05, 4.69) is 134 Å². The van der Waals surface area contributed by atoms with Gasteiger partial charge in [0, 0.05) is 77.5 Å². The molecule has 2 aromatic carbocycles. The predicted molar refractivity (Wildman–Crippen MR) is 291 cm³/mol. The summed E-state index contributed by atoms with van der Waals surface area (Å²) in [5, 5.41) is 0. The molecule has 410 valence electrons. The summed E-state index contributed by atoms with van der Waals surface area (Å²) in [6.45, 7) is 16.7. The first kappa shape index (κ1) is 56.6. The topological polar surface area (TPSA) is 138 Å². The third-order valence-corrected chi connectivity index (χ3v) is 14.5. The van der Waals surface area contributed by atoms with Crippen molar-refractivity contribution in [1.29, 1.82) is 0 Å². The second-order valence-electron chi connectivity index (χ2n) is 22.0. The number of quaternary nitrogens is 2. The monoisotopic (exact) mass is 1110 g/mol. The third kappa shape index (κ3) is 17.4. The number of fused-ring (bicyclic) bond motifs is 2. The molecule has 0 bridgehead atoms. The fraction of sp³-hybridized carbons (Fsp3) is 0.596. The Hall–Kier alpha value is -4.16. The van der Waals surface area contributed by atoms with E-state index in [0.717, 1.165) is 88.9 Å². The molecule has 0 atom stereocenters. The quantitative estimate of drug-likeness (QED) is 0.0447. The molecule has 1 aliphatic carbocycles. The zero-order valence-electron chi connectivity index (χ0n) is 51.3. The fourth-order valence-electron chi connectivity index (χ4n) is 9.89. The van der Waals surface area contributed by atoms with Gasteiger partial charge < -0.3 is 59.2 Å². The fourth-order valence-corrected chi connectivity index (χ4v) is 10.4. The van der Waals surface area contributed by atoms with Gasteiger partial charge >= 0.3 is 11.9 Å². The summed E-state index contributed by atoms with van der Waals surface area (Å²) in [4.78, 5) is 28.6. The van der Waals surface area contributed by atoms with Crippen LogP contribution in [0.25, 0.3) is 0 Å². The van der Waals surface area contributed by atoms with Crippen LogP contribution in [0.1, 0.15) is 111 Å². The van der Waals surface area contributed by atoms with Crippen molar-refractivity contribution < 1.29 is 78.9 Å². The lowest BCUT2D eigenvalue weighted by molar-refractivity contribution is -0.870. The van der Waals surface area contributed by atoms with Crippen LogP contribution >= 0.6 is 0 Å². The Morgan fingerprint density at radius 3 is 1.58 bits per heavy atom. The molecule has 0 radical (unpaired) electrons. The standard InChI is InChI=1S/C55H83N5O9S.2CH4.BrH/c1-41-19-23-47-45(39-41)54(2,3)49(57(47)29-15-33-59(6,7)8)25-20-42-17-14-18-43(53(42)56(31-37-68-35-27-51(61)66-12)32-38-69-36-28-52(62)67-13)21-26-50-55(4,5)46-40-44(70(63,64)65)22-24-48(46)58(50)30-16-34-60(9,10)11;;;/h19-26,39-40H,14-18,27-38H2,1-13H3;2*1H4;1H/q+2;;;/p-1/i;1D3;1D2;. The van der Waals surface area contributed by atoms with Gasteiger partial charge in [0.1, 0.15) is 23.3 Å². The zero-order chi connectivity index (χ0) is 57.9. The summed E-state index contributed by atoms with van der Waals surface area (Å²) >= 11 is 0. The van der Waals surface area contributed by atoms with Crippen LogP contribution in [0.2, 0.25) is 0 Å². The Morgan fingerprint density at radius 2 is 1.16 bits per heavy atom. The van der Waals surface area contributed by atoms with Crippen molar-refractivity contribution in [3.05, 3.63) is 99.9 Å². The molecule has 0 aromatic heterocycles. The number of nitrogens with zero attached hydrogens (tertiary/aromatic N) is 5. The normalized spacial score (nSPS) is 19.1. The zero-order valence-corrected chi connectivity index (χ0v) is 48.7. The molecule has 0 saturated heterocycles. The van der Waals surface area contributed by atoms with E-state index >= 15 is 0 Å². The van der Waals surface area contributed by atoms with E-state index in [1.165, 1.54) is 48.4 Å². The van der Waals surface area contributed by atoms with Gasteiger partial charge in [-0.1, -0.05) is 72.3 Å². The maximum absolute atomic E-state index is 12.3. The first-order valence-electron chi connectivity index (χ1n) is 28.0. The molecule has 2 aliphatic heterocycles. The number of halogens is 1. The van der Waals surface area contributed by atoms with Crippen LogP contribution in [0.15, 0.2) is 88.1 Å². The molecule has 0 unspecified atom stereocenters. The summed E-state index contributed by atoms with van der Waals surface area (Å²) in [5.74, 6) is -0.663. The van der Waals surface area contributed by atoms with Gasteiger partial charge in [0.2, 0.25) is 5.71 Å². The summed E-state index contributed by atoms with van der Waals surface area (Å²) in [5.41, 5.74) is 10.3. The van der Waals surface area contributed by atoms with Crippen LogP contribution in [0.5, 0.6) is 0 Å². The van der Waals surface area contributed by atoms with Gasteiger partial charge in [-0.15, -0.1) is 0 Å². The van der Waals surface area contributed by atoms with Gasteiger partial charge in [0.05, 0.1) is 101 Å². The summed E-state index contributed by atoms with van der Waals surface area (Å²) < 4.78 is 92.4. The number of benzene rings is 2. The van der Waals surface area contributed by atoms with Gasteiger partial charge in [-0.25, -0.2) is 13.0 Å². The number of carbonyl (C=O) groups is 2. The molecule has 14 nitrogen and oxygen atoms in total. The largest absolute Gasteiger partial charge is 1.00 e.